The van der Waals surface area contributed by atoms with Gasteiger partial charge in [-0.05, 0) is 36.0 Å². The maximum absolute atomic E-state index is 4.00. The fraction of sp³-hybridized carbons (Fsp3) is 0.769. The first-order chi connectivity index (χ1) is 7.54. The number of aromatic nitrogens is 2. The van der Waals surface area contributed by atoms with Crippen molar-refractivity contribution in [3.63, 3.8) is 0 Å². The third-order valence-electron chi connectivity index (χ3n) is 5.63. The van der Waals surface area contributed by atoms with Gasteiger partial charge >= 0.3 is 0 Å². The van der Waals surface area contributed by atoms with E-state index < -0.39 is 0 Å². The van der Waals surface area contributed by atoms with Crippen molar-refractivity contribution in [2.75, 3.05) is 5.32 Å². The summed E-state index contributed by atoms with van der Waals surface area (Å²) in [5, 5.41) is 10.5. The van der Waals surface area contributed by atoms with E-state index in [1.54, 1.807) is 0 Å². The van der Waals surface area contributed by atoms with Crippen molar-refractivity contribution in [2.24, 2.45) is 16.7 Å². The Hall–Kier alpha value is -0.990. The monoisotopic (exact) mass is 219 g/mol. The minimum atomic E-state index is 0.439. The summed E-state index contributed by atoms with van der Waals surface area (Å²) in [6, 6.07) is 0.610. The average molecular weight is 219 g/mol. The average Bonchev–Trinajstić information content (AvgIpc) is 2.84. The largest absolute Gasteiger partial charge is 0.379 e. The Morgan fingerprint density at radius 3 is 2.75 bits per heavy atom. The van der Waals surface area contributed by atoms with Crippen molar-refractivity contribution in [1.29, 1.82) is 0 Å². The zero-order chi connectivity index (χ0) is 11.4. The lowest BCUT2D eigenvalue weighted by Crippen LogP contribution is -2.39. The van der Waals surface area contributed by atoms with Crippen LogP contribution in [0.2, 0.25) is 0 Å². The highest BCUT2D eigenvalue weighted by molar-refractivity contribution is 5.41. The summed E-state index contributed by atoms with van der Waals surface area (Å²) in [5.74, 6) is 0.891. The summed E-state index contributed by atoms with van der Waals surface area (Å²) in [5.41, 5.74) is 2.05. The maximum Gasteiger partial charge on any atom is 0.0726 e. The molecule has 3 unspecified atom stereocenters. The number of nitrogens with one attached hydrogen (secondary N) is 2. The summed E-state index contributed by atoms with van der Waals surface area (Å²) in [6.07, 6.45) is 7.91. The third-order valence-corrected chi connectivity index (χ3v) is 5.63. The van der Waals surface area contributed by atoms with Crippen LogP contribution in [0.5, 0.6) is 0 Å². The lowest BCUT2D eigenvalue weighted by Gasteiger charge is -2.39. The maximum atomic E-state index is 4.00. The van der Waals surface area contributed by atoms with Crippen LogP contribution in [0.4, 0.5) is 5.69 Å². The van der Waals surface area contributed by atoms with E-state index in [1.807, 2.05) is 12.4 Å². The van der Waals surface area contributed by atoms with Crippen molar-refractivity contribution >= 4 is 5.69 Å². The van der Waals surface area contributed by atoms with E-state index in [0.717, 1.165) is 11.6 Å². The van der Waals surface area contributed by atoms with Gasteiger partial charge in [0, 0.05) is 12.2 Å². The van der Waals surface area contributed by atoms with Crippen LogP contribution < -0.4 is 5.32 Å². The third kappa shape index (κ3) is 1.12. The predicted octanol–water partition coefficient (Wildman–Crippen LogP) is 3.04. The fourth-order valence-electron chi connectivity index (χ4n) is 3.95. The molecule has 3 nitrogen and oxygen atoms in total. The molecule has 2 bridgehead atoms. The Kier molecular flexibility index (Phi) is 1.92. The fourth-order valence-corrected chi connectivity index (χ4v) is 3.95. The number of anilines is 1. The van der Waals surface area contributed by atoms with Gasteiger partial charge in [0.2, 0.25) is 0 Å². The highest BCUT2D eigenvalue weighted by Crippen LogP contribution is 2.65. The molecule has 0 saturated heterocycles. The minimum absolute atomic E-state index is 0.439. The van der Waals surface area contributed by atoms with Crippen molar-refractivity contribution < 1.29 is 0 Å². The predicted molar refractivity (Wildman–Crippen MR) is 65.2 cm³/mol. The molecule has 2 fully saturated rings. The molecule has 1 aromatic heterocycles. The Balaban J connectivity index is 1.85. The summed E-state index contributed by atoms with van der Waals surface area (Å²) in [6.45, 7) is 7.35. The van der Waals surface area contributed by atoms with E-state index in [1.165, 1.54) is 19.3 Å². The van der Waals surface area contributed by atoms with Crippen LogP contribution in [0.3, 0.4) is 0 Å². The van der Waals surface area contributed by atoms with Crippen LogP contribution in [-0.2, 0) is 0 Å². The van der Waals surface area contributed by atoms with Gasteiger partial charge in [-0.15, -0.1) is 0 Å². The molecule has 2 aliphatic carbocycles. The van der Waals surface area contributed by atoms with Gasteiger partial charge in [-0.1, -0.05) is 20.8 Å². The summed E-state index contributed by atoms with van der Waals surface area (Å²) >= 11 is 0. The normalized spacial score (nSPS) is 40.2. The Morgan fingerprint density at radius 2 is 2.25 bits per heavy atom. The molecule has 0 aromatic carbocycles. The van der Waals surface area contributed by atoms with Gasteiger partial charge in [-0.3, -0.25) is 5.10 Å². The number of hydrogen-bond donors (Lipinski definition) is 2. The first kappa shape index (κ1) is 10.2. The number of hydrogen-bond acceptors (Lipinski definition) is 2. The van der Waals surface area contributed by atoms with Gasteiger partial charge in [-0.25, -0.2) is 0 Å². The van der Waals surface area contributed by atoms with E-state index in [-0.39, 0.29) is 0 Å². The van der Waals surface area contributed by atoms with Gasteiger partial charge in [0.15, 0.2) is 0 Å². The highest BCUT2D eigenvalue weighted by Gasteiger charge is 2.61. The molecule has 0 spiro atoms. The molecule has 2 N–H and O–H groups in total. The molecule has 0 radical (unpaired) electrons. The summed E-state index contributed by atoms with van der Waals surface area (Å²) in [7, 11) is 0. The van der Waals surface area contributed by atoms with Crippen LogP contribution in [0.15, 0.2) is 12.4 Å². The molecule has 3 heteroatoms. The molecule has 2 saturated carbocycles. The van der Waals surface area contributed by atoms with Gasteiger partial charge < -0.3 is 5.32 Å². The molecule has 2 aliphatic rings. The molecule has 1 aromatic rings. The van der Waals surface area contributed by atoms with E-state index in [4.69, 9.17) is 0 Å². The van der Waals surface area contributed by atoms with Crippen LogP contribution in [0.1, 0.15) is 40.0 Å². The van der Waals surface area contributed by atoms with E-state index in [9.17, 15) is 0 Å². The molecular weight excluding hydrogens is 198 g/mol. The topological polar surface area (TPSA) is 40.7 Å². The van der Waals surface area contributed by atoms with Crippen LogP contribution in [0, 0.1) is 16.7 Å². The second-order valence-corrected chi connectivity index (χ2v) is 6.29. The summed E-state index contributed by atoms with van der Waals surface area (Å²) < 4.78 is 0. The molecule has 3 rings (SSSR count). The van der Waals surface area contributed by atoms with Crippen molar-refractivity contribution in [1.82, 2.24) is 10.2 Å². The number of aromatic amines is 1. The Labute approximate surface area is 97.0 Å². The first-order valence-electron chi connectivity index (χ1n) is 6.29. The van der Waals surface area contributed by atoms with Crippen molar-refractivity contribution in [3.05, 3.63) is 12.4 Å². The van der Waals surface area contributed by atoms with E-state index in [0.29, 0.717) is 16.9 Å². The Morgan fingerprint density at radius 1 is 1.44 bits per heavy atom. The SMILES string of the molecule is CC1(C)C2CCC1(C)C(Nc1cn[nH]c1)C2. The zero-order valence-corrected chi connectivity index (χ0v) is 10.4. The van der Waals surface area contributed by atoms with Gasteiger partial charge in [-0.2, -0.15) is 5.10 Å². The first-order valence-corrected chi connectivity index (χ1v) is 6.29. The van der Waals surface area contributed by atoms with Crippen molar-refractivity contribution in [2.45, 2.75) is 46.1 Å². The minimum Gasteiger partial charge on any atom is -0.379 e. The zero-order valence-electron chi connectivity index (χ0n) is 10.4. The molecule has 88 valence electrons. The smallest absolute Gasteiger partial charge is 0.0726 e. The lowest BCUT2D eigenvalue weighted by atomic mass is 9.69. The quantitative estimate of drug-likeness (QED) is 0.802. The molecule has 3 atom stereocenters. The second-order valence-electron chi connectivity index (χ2n) is 6.29. The highest BCUT2D eigenvalue weighted by atomic mass is 15.1. The number of nitrogens with zero attached hydrogens (tertiary/aromatic N) is 1. The lowest BCUT2D eigenvalue weighted by molar-refractivity contribution is 0.142. The summed E-state index contributed by atoms with van der Waals surface area (Å²) in [4.78, 5) is 0. The number of fused-ring (bicyclic) bond motifs is 2. The van der Waals surface area contributed by atoms with Crippen LogP contribution in [-0.4, -0.2) is 16.2 Å². The van der Waals surface area contributed by atoms with Crippen molar-refractivity contribution in [3.8, 4) is 0 Å². The van der Waals surface area contributed by atoms with E-state index >= 15 is 0 Å². The van der Waals surface area contributed by atoms with E-state index in [2.05, 4.69) is 36.3 Å². The van der Waals surface area contributed by atoms with Gasteiger partial charge in [0.25, 0.3) is 0 Å². The van der Waals surface area contributed by atoms with Gasteiger partial charge in [0.1, 0.15) is 0 Å². The molecule has 0 amide bonds. The Bertz CT molecular complexity index is 382. The second kappa shape index (κ2) is 3.02. The number of rotatable bonds is 2. The molecular formula is C13H21N3. The van der Waals surface area contributed by atoms with Gasteiger partial charge in [0.05, 0.1) is 11.9 Å². The molecule has 1 heterocycles. The van der Waals surface area contributed by atoms with Crippen LogP contribution >= 0.6 is 0 Å². The number of H-pyrrole nitrogens is 1. The standard InChI is InChI=1S/C13H21N3/c1-12(2)9-4-5-13(12,3)11(6-9)16-10-7-14-15-8-10/h7-9,11,16H,4-6H2,1-3H3,(H,14,15). The molecule has 16 heavy (non-hydrogen) atoms. The molecule has 0 aliphatic heterocycles. The van der Waals surface area contributed by atoms with Crippen LogP contribution in [0.25, 0.3) is 0 Å².